The summed E-state index contributed by atoms with van der Waals surface area (Å²) >= 11 is 0. The lowest BCUT2D eigenvalue weighted by Crippen LogP contribution is -2.17. The number of fused-ring (bicyclic) bond motifs is 1. The van der Waals surface area contributed by atoms with E-state index in [0.717, 1.165) is 21.9 Å². The van der Waals surface area contributed by atoms with Crippen LogP contribution in [-0.4, -0.2) is 19.9 Å². The number of nitrogens with zero attached hydrogens (tertiary/aromatic N) is 2. The number of rotatable bonds is 2. The molecule has 108 valence electrons. The van der Waals surface area contributed by atoms with Gasteiger partial charge in [-0.3, -0.25) is 9.52 Å². The molecule has 0 spiro atoms. The molecule has 1 unspecified atom stereocenters. The number of benzene rings is 2. The summed E-state index contributed by atoms with van der Waals surface area (Å²) in [5, 5.41) is 6.85. The summed E-state index contributed by atoms with van der Waals surface area (Å²) in [6.45, 7) is 0. The third kappa shape index (κ3) is 2.05. The summed E-state index contributed by atoms with van der Waals surface area (Å²) in [5.41, 5.74) is 1.96. The molecule has 4 rings (SSSR count). The molecule has 0 fully saturated rings. The van der Waals surface area contributed by atoms with Gasteiger partial charge in [0.25, 0.3) is 5.91 Å². The Hall–Kier alpha value is -2.73. The standard InChI is InChI=1S/C16H11N3O2S/c20-15-8-16(22(21)18-15)19-10-12(9-17-19)14-7-3-5-11-4-1-2-6-13(11)14/h1-10H,(H,18,20). The van der Waals surface area contributed by atoms with Gasteiger partial charge in [0.1, 0.15) is 0 Å². The molecular formula is C16H11N3O2S. The van der Waals surface area contributed by atoms with Gasteiger partial charge in [0.2, 0.25) is 0 Å². The summed E-state index contributed by atoms with van der Waals surface area (Å²) in [6, 6.07) is 14.2. The third-order valence-corrected chi connectivity index (χ3v) is 4.62. The highest BCUT2D eigenvalue weighted by Crippen LogP contribution is 2.29. The number of hydrogen-bond donors (Lipinski definition) is 1. The van der Waals surface area contributed by atoms with E-state index >= 15 is 0 Å². The van der Waals surface area contributed by atoms with Crippen molar-refractivity contribution in [2.24, 2.45) is 0 Å². The minimum Gasteiger partial charge on any atom is -0.269 e. The van der Waals surface area contributed by atoms with E-state index < -0.39 is 11.0 Å². The molecule has 3 aromatic rings. The molecule has 2 aromatic carbocycles. The Morgan fingerprint density at radius 1 is 1.09 bits per heavy atom. The number of aromatic nitrogens is 2. The van der Waals surface area contributed by atoms with Crippen LogP contribution in [-0.2, 0) is 15.8 Å². The maximum atomic E-state index is 11.8. The lowest BCUT2D eigenvalue weighted by Gasteiger charge is -2.04. The Bertz CT molecular complexity index is 953. The van der Waals surface area contributed by atoms with Crippen LogP contribution in [0, 0.1) is 0 Å². The number of amides is 1. The number of hydrogen-bond acceptors (Lipinski definition) is 3. The van der Waals surface area contributed by atoms with Gasteiger partial charge in [-0.1, -0.05) is 42.5 Å². The Balaban J connectivity index is 1.83. The van der Waals surface area contributed by atoms with E-state index in [0.29, 0.717) is 5.03 Å². The zero-order chi connectivity index (χ0) is 15.1. The molecule has 0 aliphatic carbocycles. The molecule has 6 heteroatoms. The van der Waals surface area contributed by atoms with E-state index in [1.54, 1.807) is 12.4 Å². The quantitative estimate of drug-likeness (QED) is 0.790. The fourth-order valence-electron chi connectivity index (χ4n) is 2.55. The first-order chi connectivity index (χ1) is 10.7. The maximum absolute atomic E-state index is 11.8. The first-order valence-corrected chi connectivity index (χ1v) is 7.84. The van der Waals surface area contributed by atoms with E-state index in [2.05, 4.69) is 28.0 Å². The van der Waals surface area contributed by atoms with Crippen LogP contribution < -0.4 is 4.72 Å². The topological polar surface area (TPSA) is 64.0 Å². The molecule has 1 amide bonds. The van der Waals surface area contributed by atoms with Gasteiger partial charge >= 0.3 is 0 Å². The van der Waals surface area contributed by atoms with Crippen molar-refractivity contribution in [1.82, 2.24) is 14.5 Å². The van der Waals surface area contributed by atoms with E-state index in [-0.39, 0.29) is 5.91 Å². The minimum atomic E-state index is -1.55. The molecule has 0 bridgehead atoms. The van der Waals surface area contributed by atoms with Gasteiger partial charge in [-0.15, -0.1) is 0 Å². The molecule has 0 radical (unpaired) electrons. The fourth-order valence-corrected chi connectivity index (χ4v) is 3.38. The zero-order valence-corrected chi connectivity index (χ0v) is 12.2. The molecule has 0 saturated heterocycles. The normalized spacial score (nSPS) is 17.5. The van der Waals surface area contributed by atoms with Gasteiger partial charge in [0.15, 0.2) is 16.0 Å². The Kier molecular flexibility index (Phi) is 2.90. The van der Waals surface area contributed by atoms with Crippen molar-refractivity contribution in [3.8, 4) is 11.1 Å². The Labute approximate surface area is 128 Å². The molecular weight excluding hydrogens is 298 g/mol. The highest BCUT2D eigenvalue weighted by Gasteiger charge is 2.22. The van der Waals surface area contributed by atoms with Crippen LogP contribution in [0.4, 0.5) is 0 Å². The molecule has 1 atom stereocenters. The average molecular weight is 309 g/mol. The summed E-state index contributed by atoms with van der Waals surface area (Å²) in [6.07, 6.45) is 4.80. The average Bonchev–Trinajstić information content (AvgIpc) is 3.13. The van der Waals surface area contributed by atoms with Crippen LogP contribution in [0.2, 0.25) is 0 Å². The second-order valence-corrected chi connectivity index (χ2v) is 6.08. The zero-order valence-electron chi connectivity index (χ0n) is 11.4. The van der Waals surface area contributed by atoms with Crippen molar-refractivity contribution in [2.75, 3.05) is 0 Å². The van der Waals surface area contributed by atoms with Crippen LogP contribution in [0.15, 0.2) is 60.9 Å². The monoisotopic (exact) mass is 309 g/mol. The van der Waals surface area contributed by atoms with Gasteiger partial charge in [-0.2, -0.15) is 5.10 Å². The second kappa shape index (κ2) is 4.92. The maximum Gasteiger partial charge on any atom is 0.258 e. The molecule has 0 saturated carbocycles. The summed E-state index contributed by atoms with van der Waals surface area (Å²) < 4.78 is 15.6. The van der Waals surface area contributed by atoms with Gasteiger partial charge in [0, 0.05) is 17.8 Å². The van der Waals surface area contributed by atoms with Crippen molar-refractivity contribution in [3.05, 3.63) is 60.9 Å². The van der Waals surface area contributed by atoms with E-state index in [1.807, 2.05) is 24.3 Å². The fraction of sp³-hybridized carbons (Fsp3) is 0. The first kappa shape index (κ1) is 13.0. The van der Waals surface area contributed by atoms with Gasteiger partial charge in [-0.25, -0.2) is 8.89 Å². The van der Waals surface area contributed by atoms with Crippen LogP contribution in [0.25, 0.3) is 26.9 Å². The second-order valence-electron chi connectivity index (χ2n) is 4.92. The summed E-state index contributed by atoms with van der Waals surface area (Å²) in [4.78, 5) is 11.3. The van der Waals surface area contributed by atoms with Crippen molar-refractivity contribution < 1.29 is 9.00 Å². The van der Waals surface area contributed by atoms with Gasteiger partial charge in [-0.05, 0) is 16.3 Å². The van der Waals surface area contributed by atoms with Crippen LogP contribution in [0.5, 0.6) is 0 Å². The van der Waals surface area contributed by atoms with Gasteiger partial charge < -0.3 is 0 Å². The first-order valence-electron chi connectivity index (χ1n) is 6.70. The largest absolute Gasteiger partial charge is 0.269 e. The lowest BCUT2D eigenvalue weighted by atomic mass is 10.0. The van der Waals surface area contributed by atoms with Crippen LogP contribution >= 0.6 is 0 Å². The third-order valence-electron chi connectivity index (χ3n) is 3.55. The molecule has 1 aromatic heterocycles. The highest BCUT2D eigenvalue weighted by atomic mass is 32.2. The van der Waals surface area contributed by atoms with E-state index in [1.165, 1.54) is 10.8 Å². The Morgan fingerprint density at radius 3 is 2.73 bits per heavy atom. The summed E-state index contributed by atoms with van der Waals surface area (Å²) in [5.74, 6) is -0.365. The molecule has 1 aliphatic rings. The number of carbonyl (C=O) groups excluding carboxylic acids is 1. The van der Waals surface area contributed by atoms with Crippen molar-refractivity contribution in [3.63, 3.8) is 0 Å². The minimum absolute atomic E-state index is 0.344. The summed E-state index contributed by atoms with van der Waals surface area (Å²) in [7, 11) is -1.55. The van der Waals surface area contributed by atoms with Crippen molar-refractivity contribution in [1.29, 1.82) is 0 Å². The molecule has 1 aliphatic heterocycles. The molecule has 5 nitrogen and oxygen atoms in total. The van der Waals surface area contributed by atoms with Crippen LogP contribution in [0.1, 0.15) is 0 Å². The van der Waals surface area contributed by atoms with Crippen molar-refractivity contribution in [2.45, 2.75) is 0 Å². The molecule has 1 N–H and O–H groups in total. The molecule has 2 heterocycles. The number of nitrogens with one attached hydrogen (secondary N) is 1. The van der Waals surface area contributed by atoms with E-state index in [4.69, 9.17) is 0 Å². The smallest absolute Gasteiger partial charge is 0.258 e. The predicted molar refractivity (Wildman–Crippen MR) is 85.7 cm³/mol. The van der Waals surface area contributed by atoms with E-state index in [9.17, 15) is 9.00 Å². The molecule has 22 heavy (non-hydrogen) atoms. The Morgan fingerprint density at radius 2 is 1.91 bits per heavy atom. The lowest BCUT2D eigenvalue weighted by molar-refractivity contribution is -0.114. The van der Waals surface area contributed by atoms with Gasteiger partial charge in [0.05, 0.1) is 6.20 Å². The van der Waals surface area contributed by atoms with Crippen molar-refractivity contribution >= 4 is 32.7 Å². The number of carbonyl (C=O) groups is 1. The SMILES string of the molecule is O=C1C=C(n2cc(-c3cccc4ccccc34)cn2)S(=O)N1. The van der Waals surface area contributed by atoms with Crippen LogP contribution in [0.3, 0.4) is 0 Å². The predicted octanol–water partition coefficient (Wildman–Crippen LogP) is 2.30. The highest BCUT2D eigenvalue weighted by molar-refractivity contribution is 7.93.